The molecule has 88 heavy (non-hydrogen) atoms. The van der Waals surface area contributed by atoms with Crippen LogP contribution in [0, 0.1) is 0 Å². The molecule has 8 aromatic heterocycles. The lowest BCUT2D eigenvalue weighted by Gasteiger charge is -2.10. The summed E-state index contributed by atoms with van der Waals surface area (Å²) < 4.78 is 39.5. The number of benzene rings is 8. The highest BCUT2D eigenvalue weighted by Gasteiger charge is 2.30. The molecule has 0 aliphatic heterocycles. The molecule has 440 valence electrons. The van der Waals surface area contributed by atoms with Crippen LogP contribution in [0.4, 0.5) is 0 Å². The molecule has 0 unspecified atom stereocenters. The van der Waals surface area contributed by atoms with E-state index >= 15 is 0 Å². The first-order valence-corrected chi connectivity index (χ1v) is 24.1. The number of hydrogen-bond acceptors (Lipinski definition) is 32. The van der Waals surface area contributed by atoms with E-state index in [1.807, 2.05) is 0 Å². The zero-order valence-electron chi connectivity index (χ0n) is 42.3. The Kier molecular flexibility index (Phi) is 10.9. The van der Waals surface area contributed by atoms with Crippen LogP contribution in [-0.2, 0) is 0 Å². The summed E-state index contributed by atoms with van der Waals surface area (Å²) in [4.78, 5) is 96.0. The summed E-state index contributed by atoms with van der Waals surface area (Å²) in [6.07, 6.45) is 0. The van der Waals surface area contributed by atoms with Crippen molar-refractivity contribution >= 4 is 131 Å². The first-order chi connectivity index (χ1) is 41.6. The molecule has 32 heteroatoms. The van der Waals surface area contributed by atoms with Crippen LogP contribution < -0.4 is 45.0 Å². The number of hydrogen-bond donors (Lipinski definition) is 16. The van der Waals surface area contributed by atoms with Gasteiger partial charge in [0.2, 0.25) is 46.0 Å². The Morgan fingerprint density at radius 3 is 0.352 bits per heavy atom. The predicted octanol–water partition coefficient (Wildman–Crippen LogP) is 5.25. The van der Waals surface area contributed by atoms with Gasteiger partial charge in [-0.25, -0.2) is 38.4 Å². The number of phenols is 16. The predicted molar refractivity (Wildman–Crippen MR) is 296 cm³/mol. The van der Waals surface area contributed by atoms with Crippen molar-refractivity contribution in [2.75, 3.05) is 0 Å². The molecule has 32 nitrogen and oxygen atoms in total. The fourth-order valence-corrected chi connectivity index (χ4v) is 10.3. The second-order valence-corrected chi connectivity index (χ2v) is 19.1. The van der Waals surface area contributed by atoms with E-state index < -0.39 is 182 Å². The molecule has 0 fully saturated rings. The van der Waals surface area contributed by atoms with Crippen LogP contribution in [0.2, 0.25) is 0 Å². The van der Waals surface area contributed by atoms with Crippen LogP contribution in [0.1, 0.15) is 0 Å². The zero-order valence-corrected chi connectivity index (χ0v) is 42.3. The van der Waals surface area contributed by atoms with Crippen LogP contribution in [-0.4, -0.2) is 81.7 Å². The first kappa shape index (κ1) is 53.6. The average Bonchev–Trinajstić information content (AvgIpc) is 0.758. The van der Waals surface area contributed by atoms with Gasteiger partial charge in [-0.1, -0.05) is 0 Å². The number of phenolic OH excluding ortho intramolecular Hbond substituents is 16. The van der Waals surface area contributed by atoms with Crippen molar-refractivity contribution < 1.29 is 117 Å². The highest BCUT2D eigenvalue weighted by Crippen LogP contribution is 2.49. The molecule has 0 bridgehead atoms. The highest BCUT2D eigenvalue weighted by atomic mass is 16.4. The summed E-state index contributed by atoms with van der Waals surface area (Å²) in [5.41, 5.74) is -10.8. The Bertz CT molecular complexity index is 5180. The van der Waals surface area contributed by atoms with Gasteiger partial charge in [0.05, 0.1) is 43.1 Å². The maximum absolute atomic E-state index is 12.0. The minimum absolute atomic E-state index is 0.00597. The maximum Gasteiger partial charge on any atom is 0.344 e. The molecule has 0 radical (unpaired) electrons. The fraction of sp³-hybridized carbons (Fsp3) is 0. The summed E-state index contributed by atoms with van der Waals surface area (Å²) in [5, 5.41) is 155. The monoisotopic (exact) mass is 1210 g/mol. The Labute approximate surface area is 470 Å². The molecular formula is C56H24O32. The second-order valence-electron chi connectivity index (χ2n) is 19.1. The van der Waals surface area contributed by atoms with E-state index in [-0.39, 0.29) is 86.2 Å². The molecule has 0 aliphatic rings. The normalized spacial score (nSPS) is 11.8. The summed E-state index contributed by atoms with van der Waals surface area (Å²) in [7, 11) is 0. The quantitative estimate of drug-likeness (QED) is 0.0523. The van der Waals surface area contributed by atoms with E-state index in [9.17, 15) is 120 Å². The van der Waals surface area contributed by atoms with Crippen LogP contribution in [0.25, 0.3) is 131 Å². The van der Waals surface area contributed by atoms with Gasteiger partial charge in [0.25, 0.3) is 0 Å². The van der Waals surface area contributed by atoms with Gasteiger partial charge in [-0.3, -0.25) is 0 Å². The highest BCUT2D eigenvalue weighted by molar-refractivity contribution is 6.25. The van der Waals surface area contributed by atoms with Crippen LogP contribution in [0.15, 0.2) is 122 Å². The average molecular weight is 1210 g/mol. The van der Waals surface area contributed by atoms with Crippen LogP contribution in [0.3, 0.4) is 0 Å². The molecule has 0 spiro atoms. The summed E-state index contributed by atoms with van der Waals surface area (Å²) >= 11 is 0. The third-order valence-corrected chi connectivity index (χ3v) is 14.2. The standard InChI is InChI=1S/4C14H6O8/c4*15-5-1-3-7-8-4(14(20)22-11(7)9(5)17)2-6(16)10(18)12(8)21-13(3)19/h4*1-2,15-18H. The van der Waals surface area contributed by atoms with Crippen molar-refractivity contribution in [1.29, 1.82) is 0 Å². The second kappa shape index (κ2) is 17.9. The Morgan fingerprint density at radius 1 is 0.170 bits per heavy atom. The van der Waals surface area contributed by atoms with E-state index in [1.54, 1.807) is 0 Å². The van der Waals surface area contributed by atoms with Gasteiger partial charge in [0, 0.05) is 43.1 Å². The molecule has 0 saturated carbocycles. The van der Waals surface area contributed by atoms with Crippen molar-refractivity contribution in [3.63, 3.8) is 0 Å². The third-order valence-electron chi connectivity index (χ3n) is 14.2. The molecule has 8 heterocycles. The lowest BCUT2D eigenvalue weighted by Crippen LogP contribution is -2.06. The number of aromatic hydroxyl groups is 16. The Hall–Kier alpha value is -13.7. The molecule has 16 rings (SSSR count). The zero-order chi connectivity index (χ0) is 63.0. The van der Waals surface area contributed by atoms with Crippen molar-refractivity contribution in [1.82, 2.24) is 0 Å². The van der Waals surface area contributed by atoms with Gasteiger partial charge >= 0.3 is 45.0 Å². The Morgan fingerprint density at radius 2 is 0.261 bits per heavy atom. The molecule has 0 aliphatic carbocycles. The topological polar surface area (TPSA) is 565 Å². The first-order valence-electron chi connectivity index (χ1n) is 24.1. The lowest BCUT2D eigenvalue weighted by atomic mass is 10.0. The Balaban J connectivity index is 0.000000108. The molecule has 8 aromatic carbocycles. The molecule has 0 atom stereocenters. The largest absolute Gasteiger partial charge is 0.504 e. The molecule has 0 amide bonds. The third kappa shape index (κ3) is 7.18. The van der Waals surface area contributed by atoms with Crippen LogP contribution in [0.5, 0.6) is 92.0 Å². The van der Waals surface area contributed by atoms with E-state index in [2.05, 4.69) is 0 Å². The van der Waals surface area contributed by atoms with E-state index in [1.165, 1.54) is 0 Å². The van der Waals surface area contributed by atoms with E-state index in [4.69, 9.17) is 35.3 Å². The lowest BCUT2D eigenvalue weighted by molar-refractivity contribution is 0.395. The summed E-state index contributed by atoms with van der Waals surface area (Å²) in [6, 6.07) is 7.72. The van der Waals surface area contributed by atoms with E-state index in [0.29, 0.717) is 0 Å². The molecule has 16 aromatic rings. The van der Waals surface area contributed by atoms with Gasteiger partial charge in [0.15, 0.2) is 90.7 Å². The van der Waals surface area contributed by atoms with Crippen LogP contribution >= 0.6 is 0 Å². The fourth-order valence-electron chi connectivity index (χ4n) is 10.3. The summed E-state index contributed by atoms with van der Waals surface area (Å²) in [6.45, 7) is 0. The minimum atomic E-state index is -0.941. The van der Waals surface area contributed by atoms with Crippen molar-refractivity contribution in [2.45, 2.75) is 0 Å². The summed E-state index contributed by atoms with van der Waals surface area (Å²) in [5.74, 6) is -11.0. The molecular weight excluding hydrogens is 1180 g/mol. The van der Waals surface area contributed by atoms with E-state index in [0.717, 1.165) is 48.5 Å². The van der Waals surface area contributed by atoms with Gasteiger partial charge in [-0.15, -0.1) is 0 Å². The van der Waals surface area contributed by atoms with Gasteiger partial charge < -0.3 is 117 Å². The smallest absolute Gasteiger partial charge is 0.344 e. The number of rotatable bonds is 0. The maximum atomic E-state index is 12.0. The SMILES string of the molecule is O=c1oc2c(O)c(O)cc3c(=O)oc4c(O)c(O)cc1c4c23.O=c1oc2c(O)c(O)cc3c(=O)oc4c(O)c(O)cc1c4c23.O=c1oc2c(O)c(O)cc3c(=O)oc4c(O)c(O)cc1c4c23.O=c1oc2c(O)c(O)cc3c(=O)oc4c(O)c(O)cc1c4c23. The van der Waals surface area contributed by atoms with Crippen molar-refractivity contribution in [2.24, 2.45) is 0 Å². The van der Waals surface area contributed by atoms with Gasteiger partial charge in [-0.05, 0) is 48.5 Å². The minimum Gasteiger partial charge on any atom is -0.504 e. The van der Waals surface area contributed by atoms with Crippen molar-refractivity contribution in [3.05, 3.63) is 132 Å². The molecule has 0 saturated heterocycles. The molecule has 16 N–H and O–H groups in total. The van der Waals surface area contributed by atoms with Crippen molar-refractivity contribution in [3.8, 4) is 92.0 Å². The van der Waals surface area contributed by atoms with Gasteiger partial charge in [-0.2, -0.15) is 0 Å². The van der Waals surface area contributed by atoms with Gasteiger partial charge in [0.1, 0.15) is 0 Å².